The zero-order chi connectivity index (χ0) is 20.1. The van der Waals surface area contributed by atoms with Crippen LogP contribution in [-0.4, -0.2) is 15.9 Å². The van der Waals surface area contributed by atoms with Gasteiger partial charge in [-0.3, -0.25) is 9.78 Å². The van der Waals surface area contributed by atoms with E-state index in [2.05, 4.69) is 70.2 Å². The van der Waals surface area contributed by atoms with Crippen LogP contribution in [0.15, 0.2) is 54.3 Å². The van der Waals surface area contributed by atoms with Crippen LogP contribution in [0.1, 0.15) is 36.1 Å². The summed E-state index contributed by atoms with van der Waals surface area (Å²) >= 11 is 0. The molecule has 0 saturated carbocycles. The van der Waals surface area contributed by atoms with Crippen molar-refractivity contribution in [2.75, 3.05) is 0 Å². The standard InChI is InChI=1S/C19H18N.C5H8O2.Ir/c1-12-5-6-16-7-8-18(20-19(16)11-12)17-10-13(2)9-14(3)15(17)4;1-4(6)3-5(2)7;/h5-11H,4H2,1-3H3;3,6H,1-2H3;/q-1;;/b;4-3-;. The molecule has 0 fully saturated rings. The minimum Gasteiger partial charge on any atom is -0.512 e. The number of aliphatic hydroxyl groups is 1. The van der Waals surface area contributed by atoms with Crippen molar-refractivity contribution in [2.24, 2.45) is 0 Å². The van der Waals surface area contributed by atoms with Gasteiger partial charge in [0, 0.05) is 37.3 Å². The number of aliphatic hydroxyl groups excluding tert-OH is 1. The van der Waals surface area contributed by atoms with E-state index in [0.29, 0.717) is 0 Å². The number of rotatable bonds is 2. The molecular formula is C24H26IrNO2-. The quantitative estimate of drug-likeness (QED) is 0.240. The maximum atomic E-state index is 10.0. The van der Waals surface area contributed by atoms with Crippen LogP contribution in [0.3, 0.4) is 0 Å². The number of nitrogens with zero attached hydrogens (tertiary/aromatic N) is 1. The molecule has 1 N–H and O–H groups in total. The predicted octanol–water partition coefficient (Wildman–Crippen LogP) is 6.04. The molecule has 0 aliphatic heterocycles. The number of hydrogen-bond donors (Lipinski definition) is 1. The SMILES string of the molecule is CC(=O)/C=C(/C)O.[CH2-]c1c(C)cc(C)cc1-c1ccc2ccc(C)cc2n1.[Ir]. The number of hydrogen-bond acceptors (Lipinski definition) is 3. The van der Waals surface area contributed by atoms with Gasteiger partial charge >= 0.3 is 0 Å². The molecule has 1 aromatic heterocycles. The van der Waals surface area contributed by atoms with Crippen molar-refractivity contribution < 1.29 is 30.0 Å². The van der Waals surface area contributed by atoms with E-state index in [1.807, 2.05) is 0 Å². The van der Waals surface area contributed by atoms with Gasteiger partial charge in [-0.05, 0) is 45.4 Å². The molecule has 0 amide bonds. The number of fused-ring (bicyclic) bond motifs is 1. The van der Waals surface area contributed by atoms with E-state index in [-0.39, 0.29) is 31.6 Å². The molecule has 1 radical (unpaired) electrons. The first-order valence-corrected chi connectivity index (χ1v) is 8.86. The first kappa shape index (κ1) is 23.6. The van der Waals surface area contributed by atoms with E-state index in [4.69, 9.17) is 10.1 Å². The Balaban J connectivity index is 0.000000425. The average Bonchev–Trinajstić information content (AvgIpc) is 2.56. The molecule has 0 bridgehead atoms. The minimum absolute atomic E-state index is 0. The van der Waals surface area contributed by atoms with Crippen LogP contribution in [0.5, 0.6) is 0 Å². The first-order chi connectivity index (χ1) is 12.7. The van der Waals surface area contributed by atoms with Crippen molar-refractivity contribution in [1.29, 1.82) is 0 Å². The molecule has 0 aliphatic carbocycles. The Bertz CT molecular complexity index is 1020. The van der Waals surface area contributed by atoms with E-state index >= 15 is 0 Å². The monoisotopic (exact) mass is 553 g/mol. The smallest absolute Gasteiger partial charge is 0.155 e. The summed E-state index contributed by atoms with van der Waals surface area (Å²) in [6, 6.07) is 14.9. The Morgan fingerprint density at radius 3 is 2.21 bits per heavy atom. The summed E-state index contributed by atoms with van der Waals surface area (Å²) in [6.45, 7) is 13.4. The van der Waals surface area contributed by atoms with Crippen molar-refractivity contribution in [3.63, 3.8) is 0 Å². The Morgan fingerprint density at radius 2 is 1.64 bits per heavy atom. The van der Waals surface area contributed by atoms with Crippen LogP contribution in [0.2, 0.25) is 0 Å². The third-order valence-electron chi connectivity index (χ3n) is 4.15. The Hall–Kier alpha value is -2.42. The Morgan fingerprint density at radius 1 is 1.00 bits per heavy atom. The van der Waals surface area contributed by atoms with E-state index in [1.54, 1.807) is 0 Å². The molecular weight excluding hydrogens is 526 g/mol. The number of ketones is 1. The second-order valence-corrected chi connectivity index (χ2v) is 6.90. The number of carbonyl (C=O) groups is 1. The van der Waals surface area contributed by atoms with Crippen molar-refractivity contribution in [2.45, 2.75) is 34.6 Å². The van der Waals surface area contributed by atoms with Gasteiger partial charge in [-0.15, -0.1) is 17.7 Å². The molecule has 4 heteroatoms. The van der Waals surface area contributed by atoms with Gasteiger partial charge in [0.25, 0.3) is 0 Å². The summed E-state index contributed by atoms with van der Waals surface area (Å²) in [4.78, 5) is 14.8. The van der Waals surface area contributed by atoms with Gasteiger partial charge in [-0.25, -0.2) is 0 Å². The maximum Gasteiger partial charge on any atom is 0.155 e. The molecule has 3 nitrogen and oxygen atoms in total. The van der Waals surface area contributed by atoms with Crippen LogP contribution >= 0.6 is 0 Å². The second kappa shape index (κ2) is 10.2. The molecule has 0 aliphatic rings. The fraction of sp³-hybridized carbons (Fsp3) is 0.208. The molecule has 3 rings (SSSR count). The summed E-state index contributed by atoms with van der Waals surface area (Å²) in [5.74, 6) is -0.0625. The summed E-state index contributed by atoms with van der Waals surface area (Å²) in [6.07, 6.45) is 1.17. The maximum absolute atomic E-state index is 10.0. The number of carbonyl (C=O) groups excluding carboxylic acids is 1. The molecule has 0 spiro atoms. The van der Waals surface area contributed by atoms with Gasteiger partial charge in [0.05, 0.1) is 11.3 Å². The van der Waals surface area contributed by atoms with Gasteiger partial charge < -0.3 is 5.11 Å². The van der Waals surface area contributed by atoms with Crippen molar-refractivity contribution in [3.05, 3.63) is 83.5 Å². The summed E-state index contributed by atoms with van der Waals surface area (Å²) < 4.78 is 0. The zero-order valence-corrected chi connectivity index (χ0v) is 19.4. The number of pyridine rings is 1. The fourth-order valence-electron chi connectivity index (χ4n) is 2.90. The Kier molecular flexibility index (Phi) is 8.62. The summed E-state index contributed by atoms with van der Waals surface area (Å²) in [5, 5.41) is 9.54. The van der Waals surface area contributed by atoms with Crippen LogP contribution < -0.4 is 0 Å². The molecule has 149 valence electrons. The third-order valence-corrected chi connectivity index (χ3v) is 4.15. The molecule has 0 saturated heterocycles. The van der Waals surface area contributed by atoms with Crippen LogP contribution in [0.25, 0.3) is 22.2 Å². The number of benzene rings is 2. The van der Waals surface area contributed by atoms with Crippen molar-refractivity contribution in [3.8, 4) is 11.3 Å². The van der Waals surface area contributed by atoms with Gasteiger partial charge in [0.2, 0.25) is 0 Å². The van der Waals surface area contributed by atoms with Gasteiger partial charge in [0.1, 0.15) is 0 Å². The van der Waals surface area contributed by atoms with E-state index in [0.717, 1.165) is 22.3 Å². The summed E-state index contributed by atoms with van der Waals surface area (Å²) in [7, 11) is 0. The third kappa shape index (κ3) is 6.33. The number of aryl methyl sites for hydroxylation is 3. The van der Waals surface area contributed by atoms with E-state index < -0.39 is 0 Å². The summed E-state index contributed by atoms with van der Waals surface area (Å²) in [5.41, 5.74) is 7.93. The predicted molar refractivity (Wildman–Crippen MR) is 113 cm³/mol. The van der Waals surface area contributed by atoms with Crippen LogP contribution in [-0.2, 0) is 24.9 Å². The van der Waals surface area contributed by atoms with Gasteiger partial charge in [0.15, 0.2) is 5.78 Å². The van der Waals surface area contributed by atoms with E-state index in [9.17, 15) is 4.79 Å². The zero-order valence-electron chi connectivity index (χ0n) is 17.0. The average molecular weight is 553 g/mol. The van der Waals surface area contributed by atoms with Crippen molar-refractivity contribution >= 4 is 16.7 Å². The topological polar surface area (TPSA) is 50.2 Å². The van der Waals surface area contributed by atoms with Crippen LogP contribution in [0.4, 0.5) is 0 Å². The molecule has 0 atom stereocenters. The molecule has 2 aromatic carbocycles. The Labute approximate surface area is 180 Å². The van der Waals surface area contributed by atoms with Crippen LogP contribution in [0, 0.1) is 27.7 Å². The number of allylic oxidation sites excluding steroid dienone is 2. The molecule has 0 unspecified atom stereocenters. The normalized spacial score (nSPS) is 10.7. The second-order valence-electron chi connectivity index (χ2n) is 6.90. The fourth-order valence-corrected chi connectivity index (χ4v) is 2.90. The van der Waals surface area contributed by atoms with E-state index in [1.165, 1.54) is 42.0 Å². The molecule has 28 heavy (non-hydrogen) atoms. The largest absolute Gasteiger partial charge is 0.512 e. The first-order valence-electron chi connectivity index (χ1n) is 8.86. The molecule has 1 heterocycles. The molecule has 3 aromatic rings. The van der Waals surface area contributed by atoms with Crippen molar-refractivity contribution in [1.82, 2.24) is 4.98 Å². The number of aromatic nitrogens is 1. The van der Waals surface area contributed by atoms with Gasteiger partial charge in [-0.2, -0.15) is 18.1 Å². The van der Waals surface area contributed by atoms with Gasteiger partial charge in [-0.1, -0.05) is 30.7 Å². The minimum atomic E-state index is -0.125.